The van der Waals surface area contributed by atoms with Crippen molar-refractivity contribution in [3.8, 4) is 0 Å². The number of hydrogen-bond acceptors (Lipinski definition) is 3. The van der Waals surface area contributed by atoms with Crippen LogP contribution < -0.4 is 10.6 Å². The fourth-order valence-electron chi connectivity index (χ4n) is 2.98. The largest absolute Gasteiger partial charge is 0.322 e. The number of halogens is 2. The third-order valence-corrected chi connectivity index (χ3v) is 4.62. The Bertz CT molecular complexity index is 668. The molecule has 0 spiro atoms. The molecule has 2 N–H and O–H groups in total. The molecule has 4 nitrogen and oxygen atoms in total. The highest BCUT2D eigenvalue weighted by atomic mass is 35.5. The molecule has 1 atom stereocenters. The smallest absolute Gasteiger partial charge is 0.257 e. The fourth-order valence-corrected chi connectivity index (χ4v) is 3.09. The van der Waals surface area contributed by atoms with Crippen LogP contribution in [0.4, 0.5) is 5.69 Å². The van der Waals surface area contributed by atoms with Crippen molar-refractivity contribution in [3.05, 3.63) is 58.9 Å². The van der Waals surface area contributed by atoms with E-state index in [1.54, 1.807) is 12.1 Å². The molecular weight excluding hydrogens is 357 g/mol. The maximum absolute atomic E-state index is 12.1. The van der Waals surface area contributed by atoms with Crippen LogP contribution >= 0.6 is 24.0 Å². The molecule has 3 rings (SSSR count). The molecule has 2 heterocycles. The first kappa shape index (κ1) is 19.7. The molecule has 2 aromatic rings. The van der Waals surface area contributed by atoms with Crippen LogP contribution in [0, 0.1) is 0 Å². The van der Waals surface area contributed by atoms with Gasteiger partial charge in [0, 0.05) is 17.9 Å². The molecule has 0 saturated carbocycles. The van der Waals surface area contributed by atoms with Crippen molar-refractivity contribution >= 4 is 35.6 Å². The number of nitrogens with zero attached hydrogens (tertiary/aromatic N) is 1. The van der Waals surface area contributed by atoms with Gasteiger partial charge in [-0.2, -0.15) is 0 Å². The van der Waals surface area contributed by atoms with Crippen LogP contribution in [0.2, 0.25) is 5.15 Å². The number of carbonyl (C=O) groups is 1. The lowest BCUT2D eigenvalue weighted by atomic mass is 9.98. The highest BCUT2D eigenvalue weighted by molar-refractivity contribution is 6.29. The molecule has 1 aliphatic heterocycles. The number of piperidine rings is 1. The van der Waals surface area contributed by atoms with Crippen molar-refractivity contribution < 1.29 is 4.79 Å². The second kappa shape index (κ2) is 9.76. The number of nitrogens with one attached hydrogen (secondary N) is 2. The van der Waals surface area contributed by atoms with Gasteiger partial charge in [0.25, 0.3) is 5.91 Å². The Morgan fingerprint density at radius 1 is 1.20 bits per heavy atom. The van der Waals surface area contributed by atoms with E-state index in [1.165, 1.54) is 37.4 Å². The van der Waals surface area contributed by atoms with Gasteiger partial charge in [-0.1, -0.05) is 30.2 Å². The number of hydrogen-bond donors (Lipinski definition) is 2. The van der Waals surface area contributed by atoms with E-state index >= 15 is 0 Å². The van der Waals surface area contributed by atoms with Gasteiger partial charge in [-0.3, -0.25) is 4.79 Å². The molecule has 1 aromatic carbocycles. The highest BCUT2D eigenvalue weighted by Crippen LogP contribution is 2.16. The Morgan fingerprint density at radius 3 is 2.64 bits per heavy atom. The van der Waals surface area contributed by atoms with Crippen LogP contribution in [0.3, 0.4) is 0 Å². The topological polar surface area (TPSA) is 54.0 Å². The molecule has 0 bridgehead atoms. The summed E-state index contributed by atoms with van der Waals surface area (Å²) >= 11 is 5.73. The first-order chi connectivity index (χ1) is 11.7. The molecule has 0 radical (unpaired) electrons. The first-order valence-corrected chi connectivity index (χ1v) is 8.84. The predicted octanol–water partition coefficient (Wildman–Crippen LogP) is 4.48. The Morgan fingerprint density at radius 2 is 2.00 bits per heavy atom. The average Bonchev–Trinajstić information content (AvgIpc) is 2.62. The van der Waals surface area contributed by atoms with E-state index in [2.05, 4.69) is 27.8 Å². The average molecular weight is 380 g/mol. The lowest BCUT2D eigenvalue weighted by Crippen LogP contribution is -2.34. The lowest BCUT2D eigenvalue weighted by Gasteiger charge is -2.23. The maximum atomic E-state index is 12.1. The van der Waals surface area contributed by atoms with Gasteiger partial charge in [-0.05, 0) is 62.1 Å². The van der Waals surface area contributed by atoms with Crippen molar-refractivity contribution in [2.24, 2.45) is 0 Å². The molecule has 1 aliphatic rings. The summed E-state index contributed by atoms with van der Waals surface area (Å²) in [7, 11) is 0. The number of rotatable bonds is 5. The van der Waals surface area contributed by atoms with Gasteiger partial charge in [0.05, 0.1) is 5.56 Å². The molecule has 1 unspecified atom stereocenters. The van der Waals surface area contributed by atoms with E-state index in [1.807, 2.05) is 12.1 Å². The minimum absolute atomic E-state index is 0. The SMILES string of the molecule is Cl.O=C(Nc1ccc(CCC2CCCCN2)cc1)c1ccc(Cl)nc1. The summed E-state index contributed by atoms with van der Waals surface area (Å²) < 4.78 is 0. The molecule has 25 heavy (non-hydrogen) atoms. The van der Waals surface area contributed by atoms with Gasteiger partial charge in [-0.15, -0.1) is 12.4 Å². The van der Waals surface area contributed by atoms with E-state index in [0.717, 1.165) is 18.7 Å². The predicted molar refractivity (Wildman–Crippen MR) is 105 cm³/mol. The van der Waals surface area contributed by atoms with Crippen molar-refractivity contribution in [1.29, 1.82) is 0 Å². The quantitative estimate of drug-likeness (QED) is 0.752. The summed E-state index contributed by atoms with van der Waals surface area (Å²) in [5, 5.41) is 6.83. The molecule has 1 amide bonds. The molecule has 0 aliphatic carbocycles. The first-order valence-electron chi connectivity index (χ1n) is 8.46. The zero-order valence-electron chi connectivity index (χ0n) is 14.0. The fraction of sp³-hybridized carbons (Fsp3) is 0.368. The summed E-state index contributed by atoms with van der Waals surface area (Å²) in [6.07, 6.45) is 7.62. The van der Waals surface area contributed by atoms with Crippen molar-refractivity contribution in [2.75, 3.05) is 11.9 Å². The number of benzene rings is 1. The van der Waals surface area contributed by atoms with E-state index in [-0.39, 0.29) is 18.3 Å². The van der Waals surface area contributed by atoms with Crippen LogP contribution in [0.5, 0.6) is 0 Å². The Hall–Kier alpha value is -1.62. The van der Waals surface area contributed by atoms with Crippen LogP contribution in [0.25, 0.3) is 0 Å². The van der Waals surface area contributed by atoms with Crippen LogP contribution in [0.1, 0.15) is 41.6 Å². The number of carbonyl (C=O) groups excluding carboxylic acids is 1. The molecule has 6 heteroatoms. The third kappa shape index (κ3) is 5.99. The number of amides is 1. The van der Waals surface area contributed by atoms with Crippen molar-refractivity contribution in [2.45, 2.75) is 38.1 Å². The van der Waals surface area contributed by atoms with E-state index in [9.17, 15) is 4.79 Å². The maximum Gasteiger partial charge on any atom is 0.257 e. The van der Waals surface area contributed by atoms with Gasteiger partial charge < -0.3 is 10.6 Å². The number of aromatic nitrogens is 1. The van der Waals surface area contributed by atoms with Crippen LogP contribution in [-0.4, -0.2) is 23.5 Å². The number of pyridine rings is 1. The monoisotopic (exact) mass is 379 g/mol. The van der Waals surface area contributed by atoms with Crippen molar-refractivity contribution in [1.82, 2.24) is 10.3 Å². The molecular formula is C19H23Cl2N3O. The van der Waals surface area contributed by atoms with E-state index in [4.69, 9.17) is 11.6 Å². The Labute approximate surface area is 159 Å². The van der Waals surface area contributed by atoms with Crippen molar-refractivity contribution in [3.63, 3.8) is 0 Å². The summed E-state index contributed by atoms with van der Waals surface area (Å²) in [6, 6.07) is 12.0. The van der Waals surface area contributed by atoms with Gasteiger partial charge in [0.15, 0.2) is 0 Å². The second-order valence-electron chi connectivity index (χ2n) is 6.21. The second-order valence-corrected chi connectivity index (χ2v) is 6.59. The minimum atomic E-state index is -0.182. The Balaban J connectivity index is 0.00000225. The van der Waals surface area contributed by atoms with Gasteiger partial charge in [-0.25, -0.2) is 4.98 Å². The third-order valence-electron chi connectivity index (χ3n) is 4.40. The Kier molecular flexibility index (Phi) is 7.69. The minimum Gasteiger partial charge on any atom is -0.322 e. The van der Waals surface area contributed by atoms with Gasteiger partial charge >= 0.3 is 0 Å². The van der Waals surface area contributed by atoms with Gasteiger partial charge in [0.2, 0.25) is 0 Å². The summed E-state index contributed by atoms with van der Waals surface area (Å²) in [6.45, 7) is 1.15. The summed E-state index contributed by atoms with van der Waals surface area (Å²) in [5.74, 6) is -0.182. The number of anilines is 1. The molecule has 1 aromatic heterocycles. The summed E-state index contributed by atoms with van der Waals surface area (Å²) in [4.78, 5) is 16.1. The van der Waals surface area contributed by atoms with Gasteiger partial charge in [0.1, 0.15) is 5.15 Å². The highest BCUT2D eigenvalue weighted by Gasteiger charge is 2.12. The van der Waals surface area contributed by atoms with E-state index in [0.29, 0.717) is 16.8 Å². The standard InChI is InChI=1S/C19H22ClN3O.ClH/c20-18-11-7-15(13-22-18)19(24)23-17-9-5-14(6-10-17)4-8-16-3-1-2-12-21-16;/h5-7,9-11,13,16,21H,1-4,8,12H2,(H,23,24);1H. The zero-order chi connectivity index (χ0) is 16.8. The molecule has 134 valence electrons. The number of aryl methyl sites for hydroxylation is 1. The van der Waals surface area contributed by atoms with Crippen LogP contribution in [-0.2, 0) is 6.42 Å². The summed E-state index contributed by atoms with van der Waals surface area (Å²) in [5.41, 5.74) is 2.58. The zero-order valence-corrected chi connectivity index (χ0v) is 15.6. The van der Waals surface area contributed by atoms with Crippen LogP contribution in [0.15, 0.2) is 42.6 Å². The normalized spacial score (nSPS) is 16.8. The lowest BCUT2D eigenvalue weighted by molar-refractivity contribution is 0.102. The molecule has 1 saturated heterocycles. The molecule has 1 fully saturated rings. The van der Waals surface area contributed by atoms with E-state index < -0.39 is 0 Å².